The van der Waals surface area contributed by atoms with Crippen LogP contribution in [0.25, 0.3) is 22.4 Å². The summed E-state index contributed by atoms with van der Waals surface area (Å²) < 4.78 is 2.00. The maximum Gasteiger partial charge on any atom is 0.220 e. The molecule has 1 fully saturated rings. The zero-order valence-corrected chi connectivity index (χ0v) is 14.6. The van der Waals surface area contributed by atoms with Crippen LogP contribution in [0.1, 0.15) is 36.3 Å². The number of hydrogen-bond donors (Lipinski definition) is 1. The van der Waals surface area contributed by atoms with E-state index in [1.54, 1.807) is 13.2 Å². The van der Waals surface area contributed by atoms with Crippen molar-refractivity contribution in [2.24, 2.45) is 7.05 Å². The van der Waals surface area contributed by atoms with Gasteiger partial charge in [0.25, 0.3) is 0 Å². The van der Waals surface area contributed by atoms with Gasteiger partial charge < -0.3 is 9.88 Å². The zero-order chi connectivity index (χ0) is 17.4. The van der Waals surface area contributed by atoms with Crippen molar-refractivity contribution < 1.29 is 4.79 Å². The van der Waals surface area contributed by atoms with Crippen LogP contribution in [-0.4, -0.2) is 27.5 Å². The number of imidazole rings is 1. The molecule has 1 aliphatic carbocycles. The summed E-state index contributed by atoms with van der Waals surface area (Å²) >= 11 is 0. The highest BCUT2D eigenvalue weighted by molar-refractivity contribution is 5.86. The van der Waals surface area contributed by atoms with E-state index in [9.17, 15) is 4.79 Å². The monoisotopic (exact) mass is 334 g/mol. The van der Waals surface area contributed by atoms with Crippen LogP contribution in [0.3, 0.4) is 0 Å². The lowest BCUT2D eigenvalue weighted by Crippen LogP contribution is -2.17. The smallest absolute Gasteiger partial charge is 0.220 e. The molecule has 3 aromatic rings. The Morgan fingerprint density at radius 1 is 1.32 bits per heavy atom. The topological polar surface area (TPSA) is 59.8 Å². The van der Waals surface area contributed by atoms with Crippen LogP contribution < -0.4 is 5.32 Å². The number of aromatic nitrogens is 3. The summed E-state index contributed by atoms with van der Waals surface area (Å²) in [5.41, 5.74) is 4.44. The van der Waals surface area contributed by atoms with Crippen LogP contribution >= 0.6 is 0 Å². The normalized spacial score (nSPS) is 14.0. The van der Waals surface area contributed by atoms with E-state index in [2.05, 4.69) is 34.6 Å². The number of fused-ring (bicyclic) bond motifs is 1. The Morgan fingerprint density at radius 2 is 2.16 bits per heavy atom. The molecule has 4 rings (SSSR count). The van der Waals surface area contributed by atoms with Crippen molar-refractivity contribution in [3.05, 3.63) is 47.8 Å². The first-order chi connectivity index (χ1) is 12.2. The van der Waals surface area contributed by atoms with Gasteiger partial charge in [-0.3, -0.25) is 4.79 Å². The lowest BCUT2D eigenvalue weighted by Gasteiger charge is -2.11. The average Bonchev–Trinajstić information content (AvgIpc) is 3.39. The molecule has 0 radical (unpaired) electrons. The van der Waals surface area contributed by atoms with Gasteiger partial charge in [0.15, 0.2) is 5.82 Å². The molecule has 1 aliphatic rings. The molecule has 0 spiro atoms. The third-order valence-corrected chi connectivity index (χ3v) is 4.89. The first-order valence-electron chi connectivity index (χ1n) is 8.77. The fourth-order valence-corrected chi connectivity index (χ4v) is 3.30. The van der Waals surface area contributed by atoms with Crippen molar-refractivity contribution in [1.29, 1.82) is 0 Å². The Kier molecular flexibility index (Phi) is 3.99. The largest absolute Gasteiger partial charge is 0.359 e. The third-order valence-electron chi connectivity index (χ3n) is 4.89. The first kappa shape index (κ1) is 15.8. The van der Waals surface area contributed by atoms with Gasteiger partial charge in [0.05, 0.1) is 5.52 Å². The van der Waals surface area contributed by atoms with Gasteiger partial charge in [-0.2, -0.15) is 0 Å². The Balaban J connectivity index is 1.77. The Labute approximate surface area is 147 Å². The van der Waals surface area contributed by atoms with Crippen LogP contribution in [0, 0.1) is 0 Å². The second-order valence-electron chi connectivity index (χ2n) is 6.76. The Bertz CT molecular complexity index is 940. The van der Waals surface area contributed by atoms with Crippen molar-refractivity contribution in [2.75, 3.05) is 7.05 Å². The molecule has 0 aliphatic heterocycles. The molecule has 0 bridgehead atoms. The van der Waals surface area contributed by atoms with Crippen molar-refractivity contribution in [3.8, 4) is 11.5 Å². The standard InChI is InChI=1S/C20H22N4O/c1-21-19(25)8-4-13-3-7-15-16(14-5-6-14)12-18(23-17(15)11-13)20-22-9-10-24(20)2/h3,7,9-12,14H,4-6,8H2,1-2H3,(H,21,25). The molecule has 0 saturated heterocycles. The molecule has 128 valence electrons. The van der Waals surface area contributed by atoms with Gasteiger partial charge in [0, 0.05) is 38.3 Å². The van der Waals surface area contributed by atoms with E-state index in [-0.39, 0.29) is 5.91 Å². The van der Waals surface area contributed by atoms with E-state index in [1.165, 1.54) is 23.8 Å². The van der Waals surface area contributed by atoms with Crippen molar-refractivity contribution in [2.45, 2.75) is 31.6 Å². The molecule has 2 aromatic heterocycles. The van der Waals surface area contributed by atoms with Crippen LogP contribution in [0.5, 0.6) is 0 Å². The maximum absolute atomic E-state index is 11.5. The van der Waals surface area contributed by atoms with E-state index in [0.717, 1.165) is 29.0 Å². The minimum atomic E-state index is 0.0634. The molecular weight excluding hydrogens is 312 g/mol. The number of amides is 1. The van der Waals surface area contributed by atoms with Crippen molar-refractivity contribution in [1.82, 2.24) is 19.9 Å². The van der Waals surface area contributed by atoms with Crippen LogP contribution in [0.4, 0.5) is 0 Å². The number of nitrogens with one attached hydrogen (secondary N) is 1. The summed E-state index contributed by atoms with van der Waals surface area (Å²) in [5, 5.41) is 3.90. The maximum atomic E-state index is 11.5. The molecule has 25 heavy (non-hydrogen) atoms. The zero-order valence-electron chi connectivity index (χ0n) is 14.6. The molecule has 5 heteroatoms. The third kappa shape index (κ3) is 3.14. The summed E-state index contributed by atoms with van der Waals surface area (Å²) in [6.07, 6.45) is 7.46. The number of aryl methyl sites for hydroxylation is 2. The van der Waals surface area contributed by atoms with Crippen molar-refractivity contribution in [3.63, 3.8) is 0 Å². The summed E-state index contributed by atoms with van der Waals surface area (Å²) in [5.74, 6) is 1.59. The van der Waals surface area contributed by atoms with E-state index >= 15 is 0 Å². The summed E-state index contributed by atoms with van der Waals surface area (Å²) in [4.78, 5) is 20.8. The number of nitrogens with zero attached hydrogens (tertiary/aromatic N) is 3. The number of hydrogen-bond acceptors (Lipinski definition) is 3. The second kappa shape index (κ2) is 6.31. The quantitative estimate of drug-likeness (QED) is 0.779. The fourth-order valence-electron chi connectivity index (χ4n) is 3.30. The van der Waals surface area contributed by atoms with E-state index in [1.807, 2.05) is 17.8 Å². The first-order valence-corrected chi connectivity index (χ1v) is 8.77. The number of rotatable bonds is 5. The molecule has 0 unspecified atom stereocenters. The fraction of sp³-hybridized carbons (Fsp3) is 0.350. The van der Waals surface area contributed by atoms with Gasteiger partial charge in [-0.1, -0.05) is 12.1 Å². The predicted molar refractivity (Wildman–Crippen MR) is 98.3 cm³/mol. The van der Waals surface area contributed by atoms with Gasteiger partial charge in [-0.05, 0) is 48.4 Å². The Morgan fingerprint density at radius 3 is 2.84 bits per heavy atom. The number of benzene rings is 1. The van der Waals surface area contributed by atoms with E-state index in [4.69, 9.17) is 4.98 Å². The Hall–Kier alpha value is -2.69. The van der Waals surface area contributed by atoms with Crippen LogP contribution in [0.2, 0.25) is 0 Å². The SMILES string of the molecule is CNC(=O)CCc1ccc2c(C3CC3)cc(-c3nccn3C)nc2c1. The molecule has 2 heterocycles. The van der Waals surface area contributed by atoms with Crippen LogP contribution in [-0.2, 0) is 18.3 Å². The number of carbonyl (C=O) groups is 1. The van der Waals surface area contributed by atoms with Gasteiger partial charge in [-0.15, -0.1) is 0 Å². The highest BCUT2D eigenvalue weighted by Gasteiger charge is 2.26. The molecular formula is C20H22N4O. The number of carbonyl (C=O) groups excluding carboxylic acids is 1. The highest BCUT2D eigenvalue weighted by atomic mass is 16.1. The minimum Gasteiger partial charge on any atom is -0.359 e. The van der Waals surface area contributed by atoms with Gasteiger partial charge in [0.1, 0.15) is 5.69 Å². The average molecular weight is 334 g/mol. The molecule has 1 amide bonds. The molecule has 0 atom stereocenters. The summed E-state index contributed by atoms with van der Waals surface area (Å²) in [7, 11) is 3.66. The predicted octanol–water partition coefficient (Wildman–Crippen LogP) is 3.19. The molecule has 5 nitrogen and oxygen atoms in total. The lowest BCUT2D eigenvalue weighted by atomic mass is 10.00. The van der Waals surface area contributed by atoms with Crippen LogP contribution in [0.15, 0.2) is 36.7 Å². The van der Waals surface area contributed by atoms with E-state index in [0.29, 0.717) is 12.3 Å². The molecule has 1 saturated carbocycles. The minimum absolute atomic E-state index is 0.0634. The molecule has 1 N–H and O–H groups in total. The lowest BCUT2D eigenvalue weighted by molar-refractivity contribution is -0.120. The second-order valence-corrected chi connectivity index (χ2v) is 6.76. The summed E-state index contributed by atoms with van der Waals surface area (Å²) in [6, 6.07) is 8.61. The van der Waals surface area contributed by atoms with Gasteiger partial charge in [-0.25, -0.2) is 9.97 Å². The number of pyridine rings is 1. The van der Waals surface area contributed by atoms with Gasteiger partial charge in [0.2, 0.25) is 5.91 Å². The van der Waals surface area contributed by atoms with Crippen molar-refractivity contribution >= 4 is 16.8 Å². The highest BCUT2D eigenvalue weighted by Crippen LogP contribution is 2.44. The van der Waals surface area contributed by atoms with E-state index < -0.39 is 0 Å². The molecule has 1 aromatic carbocycles. The van der Waals surface area contributed by atoms with Gasteiger partial charge >= 0.3 is 0 Å². The summed E-state index contributed by atoms with van der Waals surface area (Å²) in [6.45, 7) is 0.